The van der Waals surface area contributed by atoms with Gasteiger partial charge < -0.3 is 19.8 Å². The zero-order valence-corrected chi connectivity index (χ0v) is 15.3. The topological polar surface area (TPSA) is 78.6 Å². The standard InChI is InChI=1S/C17H31N3O3/c1-7-8-9-20(6)11-17(4,5)13(3)18-16(22)15-12(2)14(10-21)23-19-15/h13,21H,7-11H2,1-6H3,(H,18,22). The molecule has 0 aliphatic heterocycles. The highest BCUT2D eigenvalue weighted by Crippen LogP contribution is 2.23. The first kappa shape index (κ1) is 19.6. The minimum atomic E-state index is -0.261. The second kappa shape index (κ2) is 8.45. The molecule has 0 radical (unpaired) electrons. The molecule has 0 aromatic carbocycles. The van der Waals surface area contributed by atoms with Crippen LogP contribution in [0.5, 0.6) is 0 Å². The van der Waals surface area contributed by atoms with Gasteiger partial charge in [-0.1, -0.05) is 32.3 Å². The van der Waals surface area contributed by atoms with Crippen molar-refractivity contribution < 1.29 is 14.4 Å². The highest BCUT2D eigenvalue weighted by molar-refractivity contribution is 5.93. The molecule has 1 heterocycles. The van der Waals surface area contributed by atoms with E-state index >= 15 is 0 Å². The van der Waals surface area contributed by atoms with E-state index in [1.165, 1.54) is 12.8 Å². The molecule has 0 saturated carbocycles. The highest BCUT2D eigenvalue weighted by Gasteiger charge is 2.30. The van der Waals surface area contributed by atoms with E-state index in [0.29, 0.717) is 11.3 Å². The van der Waals surface area contributed by atoms with E-state index in [2.05, 4.69) is 43.2 Å². The molecule has 1 aromatic rings. The van der Waals surface area contributed by atoms with Gasteiger partial charge in [0.25, 0.3) is 5.91 Å². The van der Waals surface area contributed by atoms with Gasteiger partial charge in [-0.3, -0.25) is 4.79 Å². The van der Waals surface area contributed by atoms with Crippen molar-refractivity contribution in [3.63, 3.8) is 0 Å². The maximum absolute atomic E-state index is 12.4. The minimum Gasteiger partial charge on any atom is -0.388 e. The van der Waals surface area contributed by atoms with Gasteiger partial charge in [-0.25, -0.2) is 0 Å². The van der Waals surface area contributed by atoms with Gasteiger partial charge in [0.15, 0.2) is 11.5 Å². The maximum Gasteiger partial charge on any atom is 0.273 e. The second-order valence-corrected chi connectivity index (χ2v) is 7.01. The van der Waals surface area contributed by atoms with Crippen molar-refractivity contribution in [3.8, 4) is 0 Å². The molecule has 1 aromatic heterocycles. The average molecular weight is 325 g/mol. The number of rotatable bonds is 9. The van der Waals surface area contributed by atoms with Gasteiger partial charge in [0.1, 0.15) is 6.61 Å². The van der Waals surface area contributed by atoms with E-state index in [0.717, 1.165) is 13.1 Å². The molecule has 0 spiro atoms. The molecule has 6 nitrogen and oxygen atoms in total. The molecule has 1 atom stereocenters. The van der Waals surface area contributed by atoms with Crippen LogP contribution in [0, 0.1) is 12.3 Å². The molecule has 1 amide bonds. The predicted octanol–water partition coefficient (Wildman–Crippen LogP) is 2.35. The SMILES string of the molecule is CCCCN(C)CC(C)(C)C(C)NC(=O)c1noc(CO)c1C. The lowest BCUT2D eigenvalue weighted by Crippen LogP contribution is -2.48. The fourth-order valence-electron chi connectivity index (χ4n) is 2.53. The summed E-state index contributed by atoms with van der Waals surface area (Å²) in [4.78, 5) is 14.7. The Kier molecular flexibility index (Phi) is 7.22. The zero-order valence-electron chi connectivity index (χ0n) is 15.3. The first-order chi connectivity index (χ1) is 10.7. The van der Waals surface area contributed by atoms with Crippen molar-refractivity contribution in [2.45, 2.75) is 60.1 Å². The lowest BCUT2D eigenvalue weighted by molar-refractivity contribution is 0.0867. The number of carbonyl (C=O) groups excluding carboxylic acids is 1. The van der Waals surface area contributed by atoms with Gasteiger partial charge in [0.05, 0.1) is 0 Å². The number of aliphatic hydroxyl groups is 1. The van der Waals surface area contributed by atoms with E-state index < -0.39 is 0 Å². The van der Waals surface area contributed by atoms with Gasteiger partial charge in [-0.05, 0) is 39.3 Å². The van der Waals surface area contributed by atoms with Crippen molar-refractivity contribution in [1.29, 1.82) is 0 Å². The van der Waals surface area contributed by atoms with E-state index in [1.54, 1.807) is 6.92 Å². The normalized spacial score (nSPS) is 13.4. The monoisotopic (exact) mass is 325 g/mol. The van der Waals surface area contributed by atoms with E-state index in [1.807, 2.05) is 6.92 Å². The fraction of sp³-hybridized carbons (Fsp3) is 0.765. The molecule has 0 aliphatic rings. The number of nitrogens with one attached hydrogen (secondary N) is 1. The Morgan fingerprint density at radius 2 is 2.13 bits per heavy atom. The first-order valence-electron chi connectivity index (χ1n) is 8.28. The summed E-state index contributed by atoms with van der Waals surface area (Å²) >= 11 is 0. The van der Waals surface area contributed by atoms with Crippen LogP contribution in [-0.4, -0.2) is 47.2 Å². The average Bonchev–Trinajstić information content (AvgIpc) is 2.85. The lowest BCUT2D eigenvalue weighted by Gasteiger charge is -2.36. The second-order valence-electron chi connectivity index (χ2n) is 7.01. The van der Waals surface area contributed by atoms with Gasteiger partial charge in [-0.2, -0.15) is 0 Å². The Morgan fingerprint density at radius 1 is 1.48 bits per heavy atom. The molecule has 132 valence electrons. The summed E-state index contributed by atoms with van der Waals surface area (Å²) in [6.45, 7) is 11.9. The number of hydrogen-bond donors (Lipinski definition) is 2. The molecule has 1 unspecified atom stereocenters. The number of amides is 1. The van der Waals surface area contributed by atoms with E-state index in [9.17, 15) is 4.79 Å². The number of carbonyl (C=O) groups is 1. The van der Waals surface area contributed by atoms with Crippen LogP contribution in [0.2, 0.25) is 0 Å². The molecule has 0 fully saturated rings. The third kappa shape index (κ3) is 5.32. The summed E-state index contributed by atoms with van der Waals surface area (Å²) in [5.74, 6) is 0.0732. The van der Waals surface area contributed by atoms with Crippen molar-refractivity contribution in [3.05, 3.63) is 17.0 Å². The molecule has 0 aliphatic carbocycles. The van der Waals surface area contributed by atoms with Gasteiger partial charge in [-0.15, -0.1) is 0 Å². The maximum atomic E-state index is 12.4. The van der Waals surface area contributed by atoms with Crippen molar-refractivity contribution >= 4 is 5.91 Å². The Morgan fingerprint density at radius 3 is 2.65 bits per heavy atom. The Balaban J connectivity index is 2.67. The Labute approximate surface area is 139 Å². The molecule has 6 heteroatoms. The van der Waals surface area contributed by atoms with Crippen molar-refractivity contribution in [1.82, 2.24) is 15.4 Å². The third-order valence-corrected chi connectivity index (χ3v) is 4.47. The fourth-order valence-corrected chi connectivity index (χ4v) is 2.53. The molecule has 23 heavy (non-hydrogen) atoms. The van der Waals surface area contributed by atoms with Crippen LogP contribution >= 0.6 is 0 Å². The third-order valence-electron chi connectivity index (χ3n) is 4.47. The number of aromatic nitrogens is 1. The summed E-state index contributed by atoms with van der Waals surface area (Å²) in [6.07, 6.45) is 2.35. The first-order valence-corrected chi connectivity index (χ1v) is 8.28. The summed E-state index contributed by atoms with van der Waals surface area (Å²) in [7, 11) is 2.11. The Bertz CT molecular complexity index is 511. The van der Waals surface area contributed by atoms with E-state index in [-0.39, 0.29) is 29.7 Å². The van der Waals surface area contributed by atoms with Gasteiger partial charge in [0, 0.05) is 18.2 Å². The van der Waals surface area contributed by atoms with Crippen LogP contribution in [-0.2, 0) is 6.61 Å². The number of unbranched alkanes of at least 4 members (excludes halogenated alkanes) is 1. The number of hydrogen-bond acceptors (Lipinski definition) is 5. The minimum absolute atomic E-state index is 0.0206. The molecule has 1 rings (SSSR count). The molecule has 0 bridgehead atoms. The number of nitrogens with zero attached hydrogens (tertiary/aromatic N) is 2. The summed E-state index contributed by atoms with van der Waals surface area (Å²) in [5.41, 5.74) is 0.765. The highest BCUT2D eigenvalue weighted by atomic mass is 16.5. The van der Waals surface area contributed by atoms with Crippen molar-refractivity contribution in [2.75, 3.05) is 20.1 Å². The van der Waals surface area contributed by atoms with Crippen LogP contribution in [0.25, 0.3) is 0 Å². The quantitative estimate of drug-likeness (QED) is 0.728. The molecule has 2 N–H and O–H groups in total. The number of aliphatic hydroxyl groups excluding tert-OH is 1. The summed E-state index contributed by atoms with van der Waals surface area (Å²) < 4.78 is 4.97. The summed E-state index contributed by atoms with van der Waals surface area (Å²) in [5, 5.41) is 15.9. The summed E-state index contributed by atoms with van der Waals surface area (Å²) in [6, 6.07) is -0.0206. The largest absolute Gasteiger partial charge is 0.388 e. The molecular weight excluding hydrogens is 294 g/mol. The van der Waals surface area contributed by atoms with Crippen LogP contribution in [0.1, 0.15) is 62.3 Å². The predicted molar refractivity (Wildman–Crippen MR) is 90.3 cm³/mol. The van der Waals surface area contributed by atoms with Crippen LogP contribution in [0.4, 0.5) is 0 Å². The van der Waals surface area contributed by atoms with Crippen molar-refractivity contribution in [2.24, 2.45) is 5.41 Å². The van der Waals surface area contributed by atoms with Crippen LogP contribution < -0.4 is 5.32 Å². The molecular formula is C17H31N3O3. The van der Waals surface area contributed by atoms with Gasteiger partial charge >= 0.3 is 0 Å². The molecule has 0 saturated heterocycles. The van der Waals surface area contributed by atoms with Gasteiger partial charge in [0.2, 0.25) is 0 Å². The smallest absolute Gasteiger partial charge is 0.273 e. The van der Waals surface area contributed by atoms with E-state index in [4.69, 9.17) is 9.63 Å². The van der Waals surface area contributed by atoms with Crippen LogP contribution in [0.3, 0.4) is 0 Å². The zero-order chi connectivity index (χ0) is 17.6. The van der Waals surface area contributed by atoms with Crippen LogP contribution in [0.15, 0.2) is 4.52 Å². The Hall–Kier alpha value is -1.40. The lowest BCUT2D eigenvalue weighted by atomic mass is 9.84.